The number of nitrogens with zero attached hydrogens (tertiary/aromatic N) is 1. The Labute approximate surface area is 104 Å². The molecule has 1 saturated heterocycles. The molecule has 7 heteroatoms. The van der Waals surface area contributed by atoms with Gasteiger partial charge in [-0.05, 0) is 6.42 Å². The first-order valence-electron chi connectivity index (χ1n) is 5.10. The van der Waals surface area contributed by atoms with Crippen LogP contribution in [0.25, 0.3) is 0 Å². The number of halogens is 1. The van der Waals surface area contributed by atoms with Crippen LogP contribution >= 0.6 is 11.6 Å². The van der Waals surface area contributed by atoms with Crippen LogP contribution in [0.1, 0.15) is 13.3 Å². The lowest BCUT2D eigenvalue weighted by molar-refractivity contribution is -0.155. The van der Waals surface area contributed by atoms with Crippen LogP contribution in [0, 0.1) is 0 Å². The van der Waals surface area contributed by atoms with Gasteiger partial charge in [-0.15, -0.1) is 11.6 Å². The number of rotatable bonds is 3. The molecule has 1 rings (SSSR count). The van der Waals surface area contributed by atoms with E-state index >= 15 is 0 Å². The molecule has 0 saturated carbocycles. The number of hydrogen-bond donors (Lipinski definition) is 0. The second kappa shape index (κ2) is 5.86. The number of amides is 1. The van der Waals surface area contributed by atoms with Crippen molar-refractivity contribution in [3.63, 3.8) is 0 Å². The molecule has 0 aromatic heterocycles. The zero-order chi connectivity index (χ0) is 13.0. The minimum Gasteiger partial charge on any atom is -0.467 e. The highest BCUT2D eigenvalue weighted by Gasteiger charge is 2.39. The maximum Gasteiger partial charge on any atom is 0.328 e. The number of likely N-dealkylation sites (tertiary alicyclic amines) is 1. The molecule has 1 fully saturated rings. The highest BCUT2D eigenvalue weighted by Crippen LogP contribution is 2.23. The number of ether oxygens (including phenoxy) is 2. The van der Waals surface area contributed by atoms with Crippen molar-refractivity contribution >= 4 is 29.4 Å². The summed E-state index contributed by atoms with van der Waals surface area (Å²) >= 11 is 5.90. The molecule has 1 aliphatic rings. The maximum atomic E-state index is 11.7. The van der Waals surface area contributed by atoms with Crippen molar-refractivity contribution in [3.05, 3.63) is 0 Å². The largest absolute Gasteiger partial charge is 0.467 e. The number of carbonyl (C=O) groups excluding carboxylic acids is 3. The van der Waals surface area contributed by atoms with Crippen LogP contribution in [0.4, 0.5) is 0 Å². The molecular formula is C10H14ClNO5. The van der Waals surface area contributed by atoms with E-state index in [4.69, 9.17) is 11.6 Å². The zero-order valence-electron chi connectivity index (χ0n) is 9.64. The van der Waals surface area contributed by atoms with Crippen molar-refractivity contribution in [1.29, 1.82) is 0 Å². The lowest BCUT2D eigenvalue weighted by Gasteiger charge is -2.21. The highest BCUT2D eigenvalue weighted by atomic mass is 35.5. The van der Waals surface area contributed by atoms with Gasteiger partial charge in [-0.3, -0.25) is 9.59 Å². The summed E-state index contributed by atoms with van der Waals surface area (Å²) in [6.07, 6.45) is 0.347. The van der Waals surface area contributed by atoms with E-state index in [0.717, 1.165) is 0 Å². The summed E-state index contributed by atoms with van der Waals surface area (Å²) in [7, 11) is 1.25. The van der Waals surface area contributed by atoms with Crippen molar-refractivity contribution in [2.24, 2.45) is 0 Å². The van der Waals surface area contributed by atoms with Gasteiger partial charge in [0.2, 0.25) is 0 Å². The SMILES string of the molecule is COC(=O)[C@@H]1C[C@H](Cl)CN1C(=O)COC(C)=O. The predicted octanol–water partition coefficient (Wildman–Crippen LogP) is -0.0692. The Morgan fingerprint density at radius 3 is 2.59 bits per heavy atom. The fraction of sp³-hybridized carbons (Fsp3) is 0.700. The second-order valence-electron chi connectivity index (χ2n) is 3.70. The quantitative estimate of drug-likeness (QED) is 0.526. The molecule has 1 heterocycles. The van der Waals surface area contributed by atoms with Crippen molar-refractivity contribution in [2.75, 3.05) is 20.3 Å². The summed E-state index contributed by atoms with van der Waals surface area (Å²) in [5.41, 5.74) is 0. The fourth-order valence-corrected chi connectivity index (χ4v) is 1.98. The third-order valence-corrected chi connectivity index (χ3v) is 2.76. The van der Waals surface area contributed by atoms with Crippen LogP contribution in [0.5, 0.6) is 0 Å². The Balaban J connectivity index is 2.63. The molecule has 0 aliphatic carbocycles. The molecule has 0 radical (unpaired) electrons. The fourth-order valence-electron chi connectivity index (χ4n) is 1.67. The van der Waals surface area contributed by atoms with Gasteiger partial charge in [0.05, 0.1) is 12.5 Å². The molecule has 0 aromatic carbocycles. The van der Waals surface area contributed by atoms with E-state index in [-0.39, 0.29) is 18.5 Å². The third kappa shape index (κ3) is 3.59. The van der Waals surface area contributed by atoms with Crippen LogP contribution in [0.15, 0.2) is 0 Å². The van der Waals surface area contributed by atoms with E-state index in [1.165, 1.54) is 18.9 Å². The summed E-state index contributed by atoms with van der Waals surface area (Å²) in [4.78, 5) is 35.0. The average Bonchev–Trinajstić information content (AvgIpc) is 2.67. The number of hydrogen-bond acceptors (Lipinski definition) is 5. The van der Waals surface area contributed by atoms with E-state index < -0.39 is 23.9 Å². The van der Waals surface area contributed by atoms with Crippen LogP contribution in [0.3, 0.4) is 0 Å². The Morgan fingerprint density at radius 1 is 1.41 bits per heavy atom. The minimum atomic E-state index is -0.689. The number of esters is 2. The second-order valence-corrected chi connectivity index (χ2v) is 4.32. The number of alkyl halides is 1. The zero-order valence-corrected chi connectivity index (χ0v) is 10.4. The first-order chi connectivity index (χ1) is 7.95. The van der Waals surface area contributed by atoms with Crippen LogP contribution < -0.4 is 0 Å². The van der Waals surface area contributed by atoms with Crippen LogP contribution in [-0.4, -0.2) is 54.4 Å². The Hall–Kier alpha value is -1.30. The molecule has 0 N–H and O–H groups in total. The monoisotopic (exact) mass is 263 g/mol. The molecule has 2 atom stereocenters. The van der Waals surface area contributed by atoms with Crippen LogP contribution in [-0.2, 0) is 23.9 Å². The standard InChI is InChI=1S/C10H14ClNO5/c1-6(13)17-5-9(14)12-4-7(11)3-8(12)10(15)16-2/h7-8H,3-5H2,1-2H3/t7-,8-/m0/s1. The van der Waals surface area contributed by atoms with Crippen molar-refractivity contribution in [3.8, 4) is 0 Å². The molecule has 17 heavy (non-hydrogen) atoms. The molecule has 6 nitrogen and oxygen atoms in total. The number of methoxy groups -OCH3 is 1. The lowest BCUT2D eigenvalue weighted by atomic mass is 10.2. The van der Waals surface area contributed by atoms with Gasteiger partial charge in [-0.1, -0.05) is 0 Å². The van der Waals surface area contributed by atoms with Gasteiger partial charge < -0.3 is 14.4 Å². The van der Waals surface area contributed by atoms with E-state index in [9.17, 15) is 14.4 Å². The van der Waals surface area contributed by atoms with Crippen molar-refractivity contribution in [1.82, 2.24) is 4.90 Å². The maximum absolute atomic E-state index is 11.7. The Bertz CT molecular complexity index is 333. The van der Waals surface area contributed by atoms with Gasteiger partial charge >= 0.3 is 11.9 Å². The van der Waals surface area contributed by atoms with Gasteiger partial charge in [0.25, 0.3) is 5.91 Å². The summed E-state index contributed by atoms with van der Waals surface area (Å²) < 4.78 is 9.18. The van der Waals surface area contributed by atoms with Gasteiger partial charge in [0, 0.05) is 13.5 Å². The minimum absolute atomic E-state index is 0.251. The lowest BCUT2D eigenvalue weighted by Crippen LogP contribution is -2.43. The Kier molecular flexibility index (Phi) is 4.74. The number of carbonyl (C=O) groups is 3. The van der Waals surface area contributed by atoms with E-state index in [1.807, 2.05) is 0 Å². The molecule has 1 amide bonds. The average molecular weight is 264 g/mol. The van der Waals surface area contributed by atoms with Crippen molar-refractivity contribution < 1.29 is 23.9 Å². The summed E-state index contributed by atoms with van der Waals surface area (Å²) in [6, 6.07) is -0.689. The van der Waals surface area contributed by atoms with E-state index in [0.29, 0.717) is 6.42 Å². The summed E-state index contributed by atoms with van der Waals surface area (Å²) in [6.45, 7) is 1.08. The van der Waals surface area contributed by atoms with Gasteiger partial charge in [-0.2, -0.15) is 0 Å². The molecule has 1 aliphatic heterocycles. The topological polar surface area (TPSA) is 72.9 Å². The summed E-state index contributed by atoms with van der Waals surface area (Å²) in [5.74, 6) is -1.50. The normalized spacial score (nSPS) is 23.4. The smallest absolute Gasteiger partial charge is 0.328 e. The first-order valence-corrected chi connectivity index (χ1v) is 5.54. The van der Waals surface area contributed by atoms with Crippen LogP contribution in [0.2, 0.25) is 0 Å². The Morgan fingerprint density at radius 2 is 2.06 bits per heavy atom. The molecule has 96 valence electrons. The molecule has 0 spiro atoms. The third-order valence-electron chi connectivity index (χ3n) is 2.44. The highest BCUT2D eigenvalue weighted by molar-refractivity contribution is 6.21. The molecule has 0 unspecified atom stereocenters. The van der Waals surface area contributed by atoms with E-state index in [1.54, 1.807) is 0 Å². The molecule has 0 aromatic rings. The first kappa shape index (κ1) is 13.8. The molecule has 0 bridgehead atoms. The summed E-state index contributed by atoms with van der Waals surface area (Å²) in [5, 5.41) is -0.291. The molecular weight excluding hydrogens is 250 g/mol. The van der Waals surface area contributed by atoms with Gasteiger partial charge in [0.15, 0.2) is 6.61 Å². The predicted molar refractivity (Wildman–Crippen MR) is 58.4 cm³/mol. The van der Waals surface area contributed by atoms with E-state index in [2.05, 4.69) is 9.47 Å². The van der Waals surface area contributed by atoms with Gasteiger partial charge in [0.1, 0.15) is 6.04 Å². The van der Waals surface area contributed by atoms with Gasteiger partial charge in [-0.25, -0.2) is 4.79 Å². The van der Waals surface area contributed by atoms with Crippen molar-refractivity contribution in [2.45, 2.75) is 24.8 Å².